The molecular formula is C18H17ClN2O4S. The first-order chi connectivity index (χ1) is 12.5. The van der Waals surface area contributed by atoms with Crippen LogP contribution in [0.3, 0.4) is 0 Å². The van der Waals surface area contributed by atoms with E-state index in [0.717, 1.165) is 0 Å². The summed E-state index contributed by atoms with van der Waals surface area (Å²) >= 11 is 5.85. The molecule has 0 aliphatic rings. The fourth-order valence-corrected chi connectivity index (χ4v) is 3.75. The highest BCUT2D eigenvalue weighted by atomic mass is 35.5. The van der Waals surface area contributed by atoms with Gasteiger partial charge in [0.2, 0.25) is 26.6 Å². The lowest BCUT2D eigenvalue weighted by atomic mass is 10.2. The van der Waals surface area contributed by atoms with Gasteiger partial charge in [-0.15, -0.1) is 0 Å². The zero-order valence-corrected chi connectivity index (χ0v) is 15.8. The van der Waals surface area contributed by atoms with Crippen LogP contribution < -0.4 is 10.1 Å². The molecule has 0 amide bonds. The Bertz CT molecular complexity index is 997. The lowest BCUT2D eigenvalue weighted by Gasteiger charge is -2.04. The average Bonchev–Trinajstić information content (AvgIpc) is 3.07. The summed E-state index contributed by atoms with van der Waals surface area (Å²) in [7, 11) is -2.29. The summed E-state index contributed by atoms with van der Waals surface area (Å²) in [4.78, 5) is 4.33. The van der Waals surface area contributed by atoms with Crippen LogP contribution in [0.2, 0.25) is 5.02 Å². The van der Waals surface area contributed by atoms with Crippen molar-refractivity contribution in [3.8, 4) is 17.2 Å². The number of nitrogens with one attached hydrogen (secondary N) is 1. The second-order valence-corrected chi connectivity index (χ2v) is 7.67. The van der Waals surface area contributed by atoms with Crippen molar-refractivity contribution in [1.82, 2.24) is 4.98 Å². The number of anilines is 1. The third-order valence-corrected chi connectivity index (χ3v) is 5.58. The SMILES string of the molecule is CCNc1oc(-c2ccc(OC)cc2)nc1S(=O)(=O)c1ccc(Cl)cc1. The lowest BCUT2D eigenvalue weighted by Crippen LogP contribution is -2.07. The largest absolute Gasteiger partial charge is 0.497 e. The van der Waals surface area contributed by atoms with Crippen molar-refractivity contribution in [3.05, 3.63) is 53.6 Å². The second-order valence-electron chi connectivity index (χ2n) is 5.37. The molecule has 0 aliphatic heterocycles. The van der Waals surface area contributed by atoms with Crippen molar-refractivity contribution in [1.29, 1.82) is 0 Å². The molecule has 1 aromatic heterocycles. The van der Waals surface area contributed by atoms with Gasteiger partial charge < -0.3 is 14.5 Å². The molecule has 0 atom stereocenters. The first kappa shape index (κ1) is 18.3. The zero-order chi connectivity index (χ0) is 18.7. The van der Waals surface area contributed by atoms with Crippen molar-refractivity contribution >= 4 is 27.3 Å². The van der Waals surface area contributed by atoms with Crippen molar-refractivity contribution in [2.75, 3.05) is 19.0 Å². The number of benzene rings is 2. The summed E-state index contributed by atoms with van der Waals surface area (Å²) in [5.74, 6) is 0.991. The van der Waals surface area contributed by atoms with E-state index in [9.17, 15) is 8.42 Å². The van der Waals surface area contributed by atoms with Gasteiger partial charge in [-0.05, 0) is 55.5 Å². The van der Waals surface area contributed by atoms with Crippen LogP contribution in [0.4, 0.5) is 5.88 Å². The Morgan fingerprint density at radius 3 is 2.35 bits per heavy atom. The number of rotatable bonds is 6. The molecule has 136 valence electrons. The van der Waals surface area contributed by atoms with E-state index in [4.69, 9.17) is 20.8 Å². The van der Waals surface area contributed by atoms with Gasteiger partial charge in [-0.3, -0.25) is 0 Å². The lowest BCUT2D eigenvalue weighted by molar-refractivity contribution is 0.415. The molecule has 1 heterocycles. The van der Waals surface area contributed by atoms with E-state index in [1.54, 1.807) is 31.4 Å². The van der Waals surface area contributed by atoms with Gasteiger partial charge in [0.1, 0.15) is 5.75 Å². The van der Waals surface area contributed by atoms with E-state index in [0.29, 0.717) is 22.9 Å². The molecule has 2 aromatic carbocycles. The number of oxazole rings is 1. The second kappa shape index (κ2) is 7.39. The fraction of sp³-hybridized carbons (Fsp3) is 0.167. The van der Waals surface area contributed by atoms with E-state index >= 15 is 0 Å². The van der Waals surface area contributed by atoms with Crippen LogP contribution in [0.15, 0.2) is 62.9 Å². The Labute approximate surface area is 156 Å². The molecule has 0 saturated heterocycles. The Kier molecular flexibility index (Phi) is 5.20. The van der Waals surface area contributed by atoms with Crippen LogP contribution in [-0.4, -0.2) is 27.1 Å². The molecule has 0 saturated carbocycles. The quantitative estimate of drug-likeness (QED) is 0.674. The van der Waals surface area contributed by atoms with Crippen LogP contribution in [0.1, 0.15) is 6.92 Å². The minimum Gasteiger partial charge on any atom is -0.497 e. The molecule has 0 radical (unpaired) electrons. The van der Waals surface area contributed by atoms with Gasteiger partial charge in [-0.2, -0.15) is 4.98 Å². The minimum absolute atomic E-state index is 0.0932. The normalized spacial score (nSPS) is 11.3. The van der Waals surface area contributed by atoms with Crippen LogP contribution in [0, 0.1) is 0 Å². The Morgan fingerprint density at radius 1 is 1.12 bits per heavy atom. The number of sulfone groups is 1. The van der Waals surface area contributed by atoms with E-state index < -0.39 is 9.84 Å². The van der Waals surface area contributed by atoms with Crippen LogP contribution in [-0.2, 0) is 9.84 Å². The summed E-state index contributed by atoms with van der Waals surface area (Å²) < 4.78 is 36.7. The first-order valence-corrected chi connectivity index (χ1v) is 9.71. The fourth-order valence-electron chi connectivity index (χ4n) is 2.34. The number of ether oxygens (including phenoxy) is 1. The van der Waals surface area contributed by atoms with Crippen molar-refractivity contribution in [3.63, 3.8) is 0 Å². The molecule has 0 fully saturated rings. The van der Waals surface area contributed by atoms with Crippen molar-refractivity contribution in [2.45, 2.75) is 16.8 Å². The molecular weight excluding hydrogens is 376 g/mol. The van der Waals surface area contributed by atoms with Gasteiger partial charge in [0, 0.05) is 17.1 Å². The van der Waals surface area contributed by atoms with Crippen molar-refractivity contribution in [2.24, 2.45) is 0 Å². The Balaban J connectivity index is 2.08. The Morgan fingerprint density at radius 2 is 1.77 bits per heavy atom. The number of hydrogen-bond donors (Lipinski definition) is 1. The number of halogens is 1. The van der Waals surface area contributed by atoms with Gasteiger partial charge in [0.25, 0.3) is 0 Å². The van der Waals surface area contributed by atoms with Gasteiger partial charge in [-0.1, -0.05) is 11.6 Å². The molecule has 6 nitrogen and oxygen atoms in total. The standard InChI is InChI=1S/C18H17ClN2O4S/c1-3-20-17-18(26(22,23)15-10-6-13(19)7-11-15)21-16(25-17)12-4-8-14(24-2)9-5-12/h4-11,20H,3H2,1-2H3. The molecule has 0 bridgehead atoms. The molecule has 0 aliphatic carbocycles. The van der Waals surface area contributed by atoms with Crippen LogP contribution >= 0.6 is 11.6 Å². The number of hydrogen-bond acceptors (Lipinski definition) is 6. The summed E-state index contributed by atoms with van der Waals surface area (Å²) in [6.07, 6.45) is 0. The Hall–Kier alpha value is -2.51. The molecule has 0 spiro atoms. The predicted octanol–water partition coefficient (Wildman–Crippen LogP) is 4.27. The maximum absolute atomic E-state index is 13.0. The first-order valence-electron chi connectivity index (χ1n) is 7.85. The molecule has 3 rings (SSSR count). The molecule has 0 unspecified atom stereocenters. The topological polar surface area (TPSA) is 81.4 Å². The highest BCUT2D eigenvalue weighted by molar-refractivity contribution is 7.91. The minimum atomic E-state index is -3.86. The molecule has 1 N–H and O–H groups in total. The van der Waals surface area contributed by atoms with Gasteiger partial charge in [-0.25, -0.2) is 8.42 Å². The maximum atomic E-state index is 13.0. The number of nitrogens with zero attached hydrogens (tertiary/aromatic N) is 1. The van der Waals surface area contributed by atoms with Crippen LogP contribution in [0.5, 0.6) is 5.75 Å². The van der Waals surface area contributed by atoms with Crippen LogP contribution in [0.25, 0.3) is 11.5 Å². The summed E-state index contributed by atoms with van der Waals surface area (Å²) in [5, 5.41) is 3.21. The number of aromatic nitrogens is 1. The summed E-state index contributed by atoms with van der Waals surface area (Å²) in [5.41, 5.74) is 0.641. The zero-order valence-electron chi connectivity index (χ0n) is 14.2. The van der Waals surface area contributed by atoms with E-state index in [-0.39, 0.29) is 21.7 Å². The monoisotopic (exact) mass is 392 g/mol. The van der Waals surface area contributed by atoms with Crippen molar-refractivity contribution < 1.29 is 17.6 Å². The highest BCUT2D eigenvalue weighted by Gasteiger charge is 2.28. The molecule has 26 heavy (non-hydrogen) atoms. The maximum Gasteiger partial charge on any atom is 0.233 e. The summed E-state index contributed by atoms with van der Waals surface area (Å²) in [6, 6.07) is 12.9. The molecule has 8 heteroatoms. The van der Waals surface area contributed by atoms with Gasteiger partial charge in [0.05, 0.1) is 12.0 Å². The third kappa shape index (κ3) is 3.54. The average molecular weight is 393 g/mol. The van der Waals surface area contributed by atoms with Gasteiger partial charge >= 0.3 is 0 Å². The molecule has 3 aromatic rings. The smallest absolute Gasteiger partial charge is 0.233 e. The number of methoxy groups -OCH3 is 1. The summed E-state index contributed by atoms with van der Waals surface area (Å²) in [6.45, 7) is 2.33. The predicted molar refractivity (Wildman–Crippen MR) is 99.6 cm³/mol. The van der Waals surface area contributed by atoms with E-state index in [2.05, 4.69) is 10.3 Å². The third-order valence-electron chi connectivity index (χ3n) is 3.65. The van der Waals surface area contributed by atoms with E-state index in [1.807, 2.05) is 6.92 Å². The van der Waals surface area contributed by atoms with E-state index in [1.165, 1.54) is 24.3 Å². The highest BCUT2D eigenvalue weighted by Crippen LogP contribution is 2.33. The van der Waals surface area contributed by atoms with Gasteiger partial charge in [0.15, 0.2) is 0 Å².